The minimum atomic E-state index is -3.52. The Kier molecular flexibility index (Phi) is 4.98. The van der Waals surface area contributed by atoms with Gasteiger partial charge in [0.15, 0.2) is 9.84 Å². The molecule has 0 saturated carbocycles. The molecule has 2 aromatic carbocycles. The van der Waals surface area contributed by atoms with E-state index in [2.05, 4.69) is 0 Å². The molecule has 0 aromatic heterocycles. The number of benzene rings is 2. The van der Waals surface area contributed by atoms with Crippen molar-refractivity contribution in [3.05, 3.63) is 59.6 Å². The number of halogens is 1. The lowest BCUT2D eigenvalue weighted by Crippen LogP contribution is -2.15. The Morgan fingerprint density at radius 2 is 1.62 bits per heavy atom. The lowest BCUT2D eigenvalue weighted by molar-refractivity contribution is -0.133. The van der Waals surface area contributed by atoms with Crippen molar-refractivity contribution in [1.29, 1.82) is 0 Å². The molecule has 21 heavy (non-hydrogen) atoms. The summed E-state index contributed by atoms with van der Waals surface area (Å²) in [6, 6.07) is 14.3. The molecule has 0 heterocycles. The van der Waals surface area contributed by atoms with Gasteiger partial charge in [-0.05, 0) is 36.4 Å². The maximum atomic E-state index is 12.0. The van der Waals surface area contributed by atoms with Gasteiger partial charge in [-0.25, -0.2) is 8.42 Å². The van der Waals surface area contributed by atoms with Crippen molar-refractivity contribution in [2.75, 3.05) is 5.75 Å². The molecule has 0 amide bonds. The Morgan fingerprint density at radius 1 is 1.00 bits per heavy atom. The first-order valence-corrected chi connectivity index (χ1v) is 8.24. The third kappa shape index (κ3) is 4.58. The first-order valence-electron chi connectivity index (χ1n) is 6.21. The molecule has 0 aliphatic carbocycles. The van der Waals surface area contributed by atoms with Gasteiger partial charge in [0.2, 0.25) is 0 Å². The van der Waals surface area contributed by atoms with E-state index in [1.807, 2.05) is 0 Å². The molecule has 4 nitrogen and oxygen atoms in total. The van der Waals surface area contributed by atoms with Crippen LogP contribution in [-0.2, 0) is 14.6 Å². The molecule has 0 unspecified atom stereocenters. The molecule has 0 radical (unpaired) electrons. The predicted molar refractivity (Wildman–Crippen MR) is 80.2 cm³/mol. The second-order valence-corrected chi connectivity index (χ2v) is 6.86. The zero-order chi connectivity index (χ0) is 15.3. The van der Waals surface area contributed by atoms with Crippen LogP contribution in [0.15, 0.2) is 59.5 Å². The number of hydrogen-bond acceptors (Lipinski definition) is 4. The summed E-state index contributed by atoms with van der Waals surface area (Å²) in [6.45, 7) is 0. The summed E-state index contributed by atoms with van der Waals surface area (Å²) in [5.41, 5.74) is 0. The molecule has 0 fully saturated rings. The molecular weight excluding hydrogens is 312 g/mol. The van der Waals surface area contributed by atoms with Gasteiger partial charge in [-0.2, -0.15) is 0 Å². The van der Waals surface area contributed by atoms with Gasteiger partial charge in [0, 0.05) is 5.02 Å². The SMILES string of the molecule is O=C(CCS(=O)(=O)c1ccc(Cl)cc1)Oc1ccccc1. The van der Waals surface area contributed by atoms with E-state index in [4.69, 9.17) is 16.3 Å². The Labute approximate surface area is 128 Å². The van der Waals surface area contributed by atoms with E-state index >= 15 is 0 Å². The van der Waals surface area contributed by atoms with Crippen LogP contribution in [0, 0.1) is 0 Å². The van der Waals surface area contributed by atoms with E-state index in [0.717, 1.165) is 0 Å². The summed E-state index contributed by atoms with van der Waals surface area (Å²) < 4.78 is 29.1. The van der Waals surface area contributed by atoms with Crippen LogP contribution in [-0.4, -0.2) is 20.1 Å². The number of ether oxygens (including phenoxy) is 1. The number of esters is 1. The Bertz CT molecular complexity index is 709. The molecule has 2 rings (SSSR count). The summed E-state index contributed by atoms with van der Waals surface area (Å²) in [4.78, 5) is 11.8. The average molecular weight is 325 g/mol. The maximum Gasteiger partial charge on any atom is 0.312 e. The second kappa shape index (κ2) is 6.74. The fourth-order valence-electron chi connectivity index (χ4n) is 1.65. The highest BCUT2D eigenvalue weighted by atomic mass is 35.5. The molecule has 0 aliphatic heterocycles. The highest BCUT2D eigenvalue weighted by molar-refractivity contribution is 7.91. The van der Waals surface area contributed by atoms with E-state index in [9.17, 15) is 13.2 Å². The van der Waals surface area contributed by atoms with Crippen LogP contribution in [0.5, 0.6) is 5.75 Å². The highest BCUT2D eigenvalue weighted by Gasteiger charge is 2.17. The zero-order valence-corrected chi connectivity index (χ0v) is 12.6. The lowest BCUT2D eigenvalue weighted by Gasteiger charge is -2.05. The van der Waals surface area contributed by atoms with Gasteiger partial charge < -0.3 is 4.74 Å². The molecule has 0 atom stereocenters. The lowest BCUT2D eigenvalue weighted by atomic mass is 10.3. The van der Waals surface area contributed by atoms with Crippen LogP contribution in [0.1, 0.15) is 6.42 Å². The van der Waals surface area contributed by atoms with Gasteiger partial charge in [-0.15, -0.1) is 0 Å². The molecule has 2 aromatic rings. The fraction of sp³-hybridized carbons (Fsp3) is 0.133. The average Bonchev–Trinajstić information content (AvgIpc) is 2.47. The summed E-state index contributed by atoms with van der Waals surface area (Å²) in [5, 5.41) is 0.456. The Morgan fingerprint density at radius 3 is 2.24 bits per heavy atom. The summed E-state index contributed by atoms with van der Waals surface area (Å²) >= 11 is 5.71. The molecule has 0 N–H and O–H groups in total. The van der Waals surface area contributed by atoms with Crippen molar-refractivity contribution < 1.29 is 17.9 Å². The van der Waals surface area contributed by atoms with Crippen molar-refractivity contribution in [2.45, 2.75) is 11.3 Å². The van der Waals surface area contributed by atoms with Crippen molar-refractivity contribution in [3.63, 3.8) is 0 Å². The summed E-state index contributed by atoms with van der Waals surface area (Å²) in [6.07, 6.45) is -0.208. The smallest absolute Gasteiger partial charge is 0.312 e. The van der Waals surface area contributed by atoms with E-state index in [-0.39, 0.29) is 17.1 Å². The fourth-order valence-corrected chi connectivity index (χ4v) is 3.00. The molecule has 0 spiro atoms. The van der Waals surface area contributed by atoms with Gasteiger partial charge in [-0.1, -0.05) is 29.8 Å². The Hall–Kier alpha value is -1.85. The van der Waals surface area contributed by atoms with Gasteiger partial charge in [0.25, 0.3) is 0 Å². The van der Waals surface area contributed by atoms with Gasteiger partial charge in [-0.3, -0.25) is 4.79 Å². The van der Waals surface area contributed by atoms with Crippen molar-refractivity contribution >= 4 is 27.4 Å². The van der Waals surface area contributed by atoms with Gasteiger partial charge in [0.05, 0.1) is 17.1 Å². The van der Waals surface area contributed by atoms with E-state index in [0.29, 0.717) is 10.8 Å². The van der Waals surface area contributed by atoms with Crippen LogP contribution >= 0.6 is 11.6 Å². The molecule has 110 valence electrons. The van der Waals surface area contributed by atoms with E-state index in [1.54, 1.807) is 30.3 Å². The van der Waals surface area contributed by atoms with Crippen LogP contribution in [0.25, 0.3) is 0 Å². The van der Waals surface area contributed by atoms with Crippen LogP contribution in [0.3, 0.4) is 0 Å². The molecule has 6 heteroatoms. The number of sulfone groups is 1. The number of para-hydroxylation sites is 1. The standard InChI is InChI=1S/C15H13ClO4S/c16-12-6-8-14(9-7-12)21(18,19)11-10-15(17)20-13-4-2-1-3-5-13/h1-9H,10-11H2. The van der Waals surface area contributed by atoms with Crippen LogP contribution in [0.2, 0.25) is 5.02 Å². The largest absolute Gasteiger partial charge is 0.427 e. The summed E-state index contributed by atoms with van der Waals surface area (Å²) in [7, 11) is -3.52. The van der Waals surface area contributed by atoms with E-state index < -0.39 is 15.8 Å². The first-order chi connectivity index (χ1) is 9.97. The number of hydrogen-bond donors (Lipinski definition) is 0. The zero-order valence-electron chi connectivity index (χ0n) is 11.0. The van der Waals surface area contributed by atoms with Gasteiger partial charge >= 0.3 is 5.97 Å². The Balaban J connectivity index is 1.95. The molecular formula is C15H13ClO4S. The number of rotatable bonds is 5. The summed E-state index contributed by atoms with van der Waals surface area (Å²) in [5.74, 6) is -0.495. The minimum Gasteiger partial charge on any atom is -0.427 e. The van der Waals surface area contributed by atoms with Crippen molar-refractivity contribution in [1.82, 2.24) is 0 Å². The first kappa shape index (κ1) is 15.5. The third-order valence-electron chi connectivity index (χ3n) is 2.72. The van der Waals surface area contributed by atoms with Gasteiger partial charge in [0.1, 0.15) is 5.75 Å². The number of carbonyl (C=O) groups excluding carboxylic acids is 1. The molecule has 0 saturated heterocycles. The second-order valence-electron chi connectivity index (χ2n) is 4.31. The monoisotopic (exact) mass is 324 g/mol. The van der Waals surface area contributed by atoms with E-state index in [1.165, 1.54) is 24.3 Å². The minimum absolute atomic E-state index is 0.138. The third-order valence-corrected chi connectivity index (χ3v) is 4.71. The topological polar surface area (TPSA) is 60.4 Å². The molecule has 0 aliphatic rings. The van der Waals surface area contributed by atoms with Crippen LogP contribution in [0.4, 0.5) is 0 Å². The van der Waals surface area contributed by atoms with Crippen LogP contribution < -0.4 is 4.74 Å². The molecule has 0 bridgehead atoms. The highest BCUT2D eigenvalue weighted by Crippen LogP contribution is 2.16. The maximum absolute atomic E-state index is 12.0. The normalized spacial score (nSPS) is 11.1. The quantitative estimate of drug-likeness (QED) is 0.626. The number of carbonyl (C=O) groups is 1. The van der Waals surface area contributed by atoms with Crippen molar-refractivity contribution in [2.24, 2.45) is 0 Å². The van der Waals surface area contributed by atoms with Crippen molar-refractivity contribution in [3.8, 4) is 5.75 Å². The predicted octanol–water partition coefficient (Wildman–Crippen LogP) is 3.11.